The van der Waals surface area contributed by atoms with Gasteiger partial charge in [-0.3, -0.25) is 4.79 Å². The molecule has 0 N–H and O–H groups in total. The molecule has 0 aromatic carbocycles. The fourth-order valence-corrected chi connectivity index (χ4v) is 2.34. The van der Waals surface area contributed by atoms with Gasteiger partial charge in [-0.15, -0.1) is 0 Å². The van der Waals surface area contributed by atoms with Gasteiger partial charge in [0.2, 0.25) is 0 Å². The van der Waals surface area contributed by atoms with Gasteiger partial charge in [-0.25, -0.2) is 9.97 Å². The molecule has 0 bridgehead atoms. The molecule has 3 rings (SSSR count). The molecule has 84 valence electrons. The standard InChI is InChI=1S/C12H14N2O2/c15-11-3-1-2-10-9(11)6-13-12(14-10)8-4-5-16-7-8/h6,8H,1-5,7H2. The number of Topliss-reactive ketones (excluding diaryl/α,β-unsaturated/α-hetero) is 1. The quantitative estimate of drug-likeness (QED) is 0.716. The van der Waals surface area contributed by atoms with E-state index in [4.69, 9.17) is 4.74 Å². The molecule has 1 fully saturated rings. The monoisotopic (exact) mass is 218 g/mol. The minimum atomic E-state index is 0.190. The lowest BCUT2D eigenvalue weighted by atomic mass is 9.95. The van der Waals surface area contributed by atoms with Crippen LogP contribution in [0.15, 0.2) is 6.20 Å². The largest absolute Gasteiger partial charge is 0.381 e. The number of ether oxygens (including phenoxy) is 1. The Morgan fingerprint density at radius 3 is 3.12 bits per heavy atom. The predicted molar refractivity (Wildman–Crippen MR) is 57.5 cm³/mol. The number of fused-ring (bicyclic) bond motifs is 1. The highest BCUT2D eigenvalue weighted by Crippen LogP contribution is 2.25. The third kappa shape index (κ3) is 1.63. The van der Waals surface area contributed by atoms with Crippen LogP contribution in [0.3, 0.4) is 0 Å². The van der Waals surface area contributed by atoms with E-state index in [-0.39, 0.29) is 5.78 Å². The number of ketones is 1. The predicted octanol–water partition coefficient (Wildman–Crippen LogP) is 1.50. The number of nitrogens with zero attached hydrogens (tertiary/aromatic N) is 2. The fraction of sp³-hybridized carbons (Fsp3) is 0.583. The lowest BCUT2D eigenvalue weighted by molar-refractivity contribution is 0.0971. The summed E-state index contributed by atoms with van der Waals surface area (Å²) < 4.78 is 5.33. The lowest BCUT2D eigenvalue weighted by Crippen LogP contribution is -2.16. The van der Waals surface area contributed by atoms with Crippen molar-refractivity contribution < 1.29 is 9.53 Å². The summed E-state index contributed by atoms with van der Waals surface area (Å²) in [7, 11) is 0. The molecule has 4 nitrogen and oxygen atoms in total. The summed E-state index contributed by atoms with van der Waals surface area (Å²) in [4.78, 5) is 20.5. The van der Waals surface area contributed by atoms with Crippen LogP contribution in [0.1, 0.15) is 47.1 Å². The molecule has 16 heavy (non-hydrogen) atoms. The van der Waals surface area contributed by atoms with E-state index in [2.05, 4.69) is 9.97 Å². The highest BCUT2D eigenvalue weighted by atomic mass is 16.5. The average Bonchev–Trinajstić information content (AvgIpc) is 2.82. The molecule has 0 amide bonds. The van der Waals surface area contributed by atoms with E-state index in [9.17, 15) is 4.79 Å². The molecule has 1 saturated heterocycles. The van der Waals surface area contributed by atoms with Crippen molar-refractivity contribution in [2.75, 3.05) is 13.2 Å². The Morgan fingerprint density at radius 2 is 2.31 bits per heavy atom. The highest BCUT2D eigenvalue weighted by molar-refractivity contribution is 5.97. The number of hydrogen-bond donors (Lipinski definition) is 0. The summed E-state index contributed by atoms with van der Waals surface area (Å²) in [5.74, 6) is 1.36. The molecule has 1 atom stereocenters. The highest BCUT2D eigenvalue weighted by Gasteiger charge is 2.24. The lowest BCUT2D eigenvalue weighted by Gasteiger charge is -2.15. The van der Waals surface area contributed by atoms with E-state index < -0.39 is 0 Å². The van der Waals surface area contributed by atoms with E-state index in [0.29, 0.717) is 18.9 Å². The first-order valence-corrected chi connectivity index (χ1v) is 5.81. The molecule has 0 saturated carbocycles. The van der Waals surface area contributed by atoms with Gasteiger partial charge < -0.3 is 4.74 Å². The maximum Gasteiger partial charge on any atom is 0.166 e. The Labute approximate surface area is 94.1 Å². The zero-order valence-electron chi connectivity index (χ0n) is 9.11. The Morgan fingerprint density at radius 1 is 1.38 bits per heavy atom. The van der Waals surface area contributed by atoms with Crippen LogP contribution in [-0.4, -0.2) is 29.0 Å². The van der Waals surface area contributed by atoms with Gasteiger partial charge in [-0.05, 0) is 19.3 Å². The zero-order chi connectivity index (χ0) is 11.0. The van der Waals surface area contributed by atoms with Crippen LogP contribution in [-0.2, 0) is 11.2 Å². The second-order valence-electron chi connectivity index (χ2n) is 4.43. The van der Waals surface area contributed by atoms with Crippen LogP contribution in [0.2, 0.25) is 0 Å². The minimum absolute atomic E-state index is 0.190. The van der Waals surface area contributed by atoms with Crippen molar-refractivity contribution in [3.8, 4) is 0 Å². The molecule has 2 heterocycles. The number of carbonyl (C=O) groups excluding carboxylic acids is 1. The van der Waals surface area contributed by atoms with Crippen LogP contribution < -0.4 is 0 Å². The van der Waals surface area contributed by atoms with Gasteiger partial charge in [-0.2, -0.15) is 0 Å². The van der Waals surface area contributed by atoms with Crippen LogP contribution in [0, 0.1) is 0 Å². The SMILES string of the molecule is O=C1CCCc2nc(C3CCOC3)ncc21. The molecule has 1 aliphatic heterocycles. The van der Waals surface area contributed by atoms with Gasteiger partial charge in [-0.1, -0.05) is 0 Å². The van der Waals surface area contributed by atoms with E-state index in [0.717, 1.165) is 43.0 Å². The van der Waals surface area contributed by atoms with E-state index in [1.54, 1.807) is 6.20 Å². The van der Waals surface area contributed by atoms with E-state index in [1.165, 1.54) is 0 Å². The third-order valence-corrected chi connectivity index (χ3v) is 3.30. The molecular weight excluding hydrogens is 204 g/mol. The van der Waals surface area contributed by atoms with Crippen LogP contribution >= 0.6 is 0 Å². The van der Waals surface area contributed by atoms with Crippen molar-refractivity contribution >= 4 is 5.78 Å². The third-order valence-electron chi connectivity index (χ3n) is 3.30. The van der Waals surface area contributed by atoms with Crippen LogP contribution in [0.4, 0.5) is 0 Å². The first-order valence-electron chi connectivity index (χ1n) is 5.81. The van der Waals surface area contributed by atoms with Gasteiger partial charge in [0.15, 0.2) is 5.78 Å². The first kappa shape index (κ1) is 9.90. The molecule has 1 aliphatic carbocycles. The number of hydrogen-bond acceptors (Lipinski definition) is 4. The van der Waals surface area contributed by atoms with Crippen molar-refractivity contribution in [1.82, 2.24) is 9.97 Å². The van der Waals surface area contributed by atoms with E-state index >= 15 is 0 Å². The molecule has 4 heteroatoms. The summed E-state index contributed by atoms with van der Waals surface area (Å²) in [6.45, 7) is 1.51. The Kier molecular flexibility index (Phi) is 2.44. The van der Waals surface area contributed by atoms with Crippen molar-refractivity contribution in [3.05, 3.63) is 23.3 Å². The fourth-order valence-electron chi connectivity index (χ4n) is 2.34. The van der Waals surface area contributed by atoms with Crippen LogP contribution in [0.5, 0.6) is 0 Å². The number of rotatable bonds is 1. The second kappa shape index (κ2) is 3.94. The minimum Gasteiger partial charge on any atom is -0.381 e. The molecule has 1 aromatic rings. The molecule has 1 aromatic heterocycles. The smallest absolute Gasteiger partial charge is 0.166 e. The summed E-state index contributed by atoms with van der Waals surface area (Å²) in [5, 5.41) is 0. The van der Waals surface area contributed by atoms with Gasteiger partial charge in [0.05, 0.1) is 17.9 Å². The first-order chi connectivity index (χ1) is 7.84. The van der Waals surface area contributed by atoms with Gasteiger partial charge in [0, 0.05) is 25.1 Å². The van der Waals surface area contributed by atoms with Crippen molar-refractivity contribution in [3.63, 3.8) is 0 Å². The van der Waals surface area contributed by atoms with Crippen molar-refractivity contribution in [2.45, 2.75) is 31.6 Å². The number of aryl methyl sites for hydroxylation is 1. The maximum absolute atomic E-state index is 11.6. The Balaban J connectivity index is 1.94. The molecular formula is C12H14N2O2. The molecule has 1 unspecified atom stereocenters. The van der Waals surface area contributed by atoms with Gasteiger partial charge >= 0.3 is 0 Å². The number of aromatic nitrogens is 2. The summed E-state index contributed by atoms with van der Waals surface area (Å²) >= 11 is 0. The summed E-state index contributed by atoms with van der Waals surface area (Å²) in [6, 6.07) is 0. The molecule has 0 spiro atoms. The second-order valence-corrected chi connectivity index (χ2v) is 4.43. The van der Waals surface area contributed by atoms with Crippen LogP contribution in [0.25, 0.3) is 0 Å². The number of carbonyl (C=O) groups is 1. The van der Waals surface area contributed by atoms with Gasteiger partial charge in [0.1, 0.15) is 5.82 Å². The molecule has 0 radical (unpaired) electrons. The average molecular weight is 218 g/mol. The zero-order valence-corrected chi connectivity index (χ0v) is 9.11. The Hall–Kier alpha value is -1.29. The summed E-state index contributed by atoms with van der Waals surface area (Å²) in [5.41, 5.74) is 1.67. The normalized spacial score (nSPS) is 24.5. The topological polar surface area (TPSA) is 52.1 Å². The van der Waals surface area contributed by atoms with E-state index in [1.807, 2.05) is 0 Å². The summed E-state index contributed by atoms with van der Waals surface area (Å²) in [6.07, 6.45) is 5.17. The van der Waals surface area contributed by atoms with Gasteiger partial charge in [0.25, 0.3) is 0 Å². The van der Waals surface area contributed by atoms with Crippen molar-refractivity contribution in [2.24, 2.45) is 0 Å². The molecule has 2 aliphatic rings. The maximum atomic E-state index is 11.6. The Bertz CT molecular complexity index is 425. The van der Waals surface area contributed by atoms with Crippen molar-refractivity contribution in [1.29, 1.82) is 0 Å².